The van der Waals surface area contributed by atoms with Crippen LogP contribution < -0.4 is 5.32 Å². The van der Waals surface area contributed by atoms with Gasteiger partial charge in [-0.05, 0) is 48.7 Å². The molecular weight excluding hydrogens is 414 g/mol. The lowest BCUT2D eigenvalue weighted by Crippen LogP contribution is -2.11. The van der Waals surface area contributed by atoms with E-state index in [1.807, 2.05) is 36.0 Å². The topological polar surface area (TPSA) is 66.4 Å². The Morgan fingerprint density at radius 3 is 2.13 bits per heavy atom. The van der Waals surface area contributed by atoms with Gasteiger partial charge in [0, 0.05) is 17.7 Å². The van der Waals surface area contributed by atoms with Crippen LogP contribution in [-0.4, -0.2) is 34.2 Å². The van der Waals surface area contributed by atoms with Gasteiger partial charge in [0.1, 0.15) is 0 Å². The number of carboxylic acid groups (broad SMARTS) is 1. The largest absolute Gasteiger partial charge is 0.481 e. The number of hydrogen-bond donors (Lipinski definition) is 2. The van der Waals surface area contributed by atoms with Gasteiger partial charge in [0.15, 0.2) is 0 Å². The molecule has 4 nitrogen and oxygen atoms in total. The molecular formula is C24H39NO3S2. The third-order valence-corrected chi connectivity index (χ3v) is 7.00. The highest BCUT2D eigenvalue weighted by atomic mass is 32.2. The maximum absolute atomic E-state index is 12.3. The minimum atomic E-state index is -0.765. The number of amides is 1. The monoisotopic (exact) mass is 453 g/mol. The molecule has 170 valence electrons. The van der Waals surface area contributed by atoms with Gasteiger partial charge in [-0.3, -0.25) is 9.59 Å². The summed E-state index contributed by atoms with van der Waals surface area (Å²) >= 11 is 3.64. The molecule has 0 unspecified atom stereocenters. The molecule has 1 amide bonds. The summed E-state index contributed by atoms with van der Waals surface area (Å²) in [5, 5.41) is 11.8. The van der Waals surface area contributed by atoms with E-state index in [1.54, 1.807) is 11.8 Å². The zero-order valence-corrected chi connectivity index (χ0v) is 20.1. The molecule has 0 saturated heterocycles. The van der Waals surface area contributed by atoms with Crippen LogP contribution in [0, 0.1) is 0 Å². The van der Waals surface area contributed by atoms with Crippen LogP contribution in [0.25, 0.3) is 0 Å². The summed E-state index contributed by atoms with van der Waals surface area (Å²) in [7, 11) is 0. The molecule has 6 heteroatoms. The normalized spacial score (nSPS) is 10.8. The molecule has 0 aliphatic carbocycles. The zero-order chi connectivity index (χ0) is 21.9. The number of carboxylic acids is 1. The summed E-state index contributed by atoms with van der Waals surface area (Å²) in [5.74, 6) is 2.58. The van der Waals surface area contributed by atoms with E-state index in [-0.39, 0.29) is 12.3 Å². The van der Waals surface area contributed by atoms with Crippen LogP contribution in [0.3, 0.4) is 0 Å². The number of carbonyl (C=O) groups is 2. The predicted molar refractivity (Wildman–Crippen MR) is 132 cm³/mol. The number of benzene rings is 1. The van der Waals surface area contributed by atoms with Gasteiger partial charge in [0.2, 0.25) is 5.91 Å². The third-order valence-electron chi connectivity index (χ3n) is 4.85. The van der Waals surface area contributed by atoms with Crippen molar-refractivity contribution >= 4 is 41.1 Å². The SMILES string of the molecule is CCSCCCCCCCCCCCC(=O)Nc1ccccc1SCCCC(=O)O. The first-order valence-corrected chi connectivity index (χ1v) is 13.6. The van der Waals surface area contributed by atoms with Gasteiger partial charge in [-0.1, -0.05) is 64.0 Å². The highest BCUT2D eigenvalue weighted by molar-refractivity contribution is 7.99. The summed E-state index contributed by atoms with van der Waals surface area (Å²) < 4.78 is 0. The molecule has 0 atom stereocenters. The number of para-hydroxylation sites is 1. The van der Waals surface area contributed by atoms with Crippen LogP contribution in [0.1, 0.15) is 84.0 Å². The number of carbonyl (C=O) groups excluding carboxylic acids is 1. The molecule has 0 aliphatic rings. The fourth-order valence-corrected chi connectivity index (χ4v) is 4.84. The smallest absolute Gasteiger partial charge is 0.303 e. The lowest BCUT2D eigenvalue weighted by Gasteiger charge is -2.10. The number of aliphatic carboxylic acids is 1. The Labute approximate surface area is 191 Å². The van der Waals surface area contributed by atoms with E-state index in [2.05, 4.69) is 12.2 Å². The molecule has 0 aromatic heterocycles. The second kappa shape index (κ2) is 18.6. The molecule has 30 heavy (non-hydrogen) atoms. The van der Waals surface area contributed by atoms with Crippen molar-refractivity contribution in [2.75, 3.05) is 22.6 Å². The van der Waals surface area contributed by atoms with E-state index in [1.165, 1.54) is 56.5 Å². The second-order valence-electron chi connectivity index (χ2n) is 7.52. The molecule has 0 aliphatic heterocycles. The van der Waals surface area contributed by atoms with E-state index in [0.29, 0.717) is 12.8 Å². The molecule has 0 fully saturated rings. The van der Waals surface area contributed by atoms with Crippen molar-refractivity contribution in [1.82, 2.24) is 0 Å². The first-order valence-electron chi connectivity index (χ1n) is 11.4. The van der Waals surface area contributed by atoms with Gasteiger partial charge in [-0.25, -0.2) is 0 Å². The van der Waals surface area contributed by atoms with Crippen LogP contribution >= 0.6 is 23.5 Å². The Morgan fingerprint density at radius 2 is 1.47 bits per heavy atom. The highest BCUT2D eigenvalue weighted by Crippen LogP contribution is 2.28. The van der Waals surface area contributed by atoms with Crippen LogP contribution in [0.15, 0.2) is 29.2 Å². The maximum atomic E-state index is 12.3. The van der Waals surface area contributed by atoms with E-state index in [9.17, 15) is 9.59 Å². The fraction of sp³-hybridized carbons (Fsp3) is 0.667. The second-order valence-corrected chi connectivity index (χ2v) is 10.0. The number of nitrogens with one attached hydrogen (secondary N) is 1. The van der Waals surface area contributed by atoms with E-state index >= 15 is 0 Å². The average molecular weight is 454 g/mol. The number of unbranched alkanes of at least 4 members (excludes halogenated alkanes) is 8. The molecule has 0 bridgehead atoms. The van der Waals surface area contributed by atoms with Gasteiger partial charge >= 0.3 is 5.97 Å². The Bertz CT molecular complexity index is 596. The summed E-state index contributed by atoms with van der Waals surface area (Å²) in [4.78, 5) is 23.9. The summed E-state index contributed by atoms with van der Waals surface area (Å²) in [6.45, 7) is 2.22. The van der Waals surface area contributed by atoms with Crippen molar-refractivity contribution in [3.05, 3.63) is 24.3 Å². The number of thioether (sulfide) groups is 2. The quantitative estimate of drug-likeness (QED) is 0.171. The lowest BCUT2D eigenvalue weighted by atomic mass is 10.1. The molecule has 0 heterocycles. The van der Waals surface area contributed by atoms with Crippen molar-refractivity contribution in [1.29, 1.82) is 0 Å². The average Bonchev–Trinajstić information content (AvgIpc) is 2.73. The van der Waals surface area contributed by atoms with Crippen molar-refractivity contribution in [3.8, 4) is 0 Å². The van der Waals surface area contributed by atoms with Crippen LogP contribution in [0.5, 0.6) is 0 Å². The summed E-state index contributed by atoms with van der Waals surface area (Å²) in [6.07, 6.45) is 12.7. The van der Waals surface area contributed by atoms with Crippen LogP contribution in [0.2, 0.25) is 0 Å². The van der Waals surface area contributed by atoms with Crippen molar-refractivity contribution in [3.63, 3.8) is 0 Å². The van der Waals surface area contributed by atoms with Crippen LogP contribution in [0.4, 0.5) is 5.69 Å². The van der Waals surface area contributed by atoms with Crippen molar-refractivity contribution < 1.29 is 14.7 Å². The van der Waals surface area contributed by atoms with Crippen LogP contribution in [-0.2, 0) is 9.59 Å². The van der Waals surface area contributed by atoms with Gasteiger partial charge in [-0.15, -0.1) is 11.8 Å². The highest BCUT2D eigenvalue weighted by Gasteiger charge is 2.07. The minimum Gasteiger partial charge on any atom is -0.481 e. The first kappa shape index (κ1) is 26.9. The van der Waals surface area contributed by atoms with E-state index in [0.717, 1.165) is 29.2 Å². The van der Waals surface area contributed by atoms with Gasteiger partial charge in [0.25, 0.3) is 0 Å². The van der Waals surface area contributed by atoms with E-state index < -0.39 is 5.97 Å². The Kier molecular flexibility index (Phi) is 16.7. The number of rotatable bonds is 19. The van der Waals surface area contributed by atoms with Gasteiger partial charge in [-0.2, -0.15) is 11.8 Å². The number of anilines is 1. The lowest BCUT2D eigenvalue weighted by molar-refractivity contribution is -0.137. The number of hydrogen-bond acceptors (Lipinski definition) is 4. The first-order chi connectivity index (χ1) is 14.6. The summed E-state index contributed by atoms with van der Waals surface area (Å²) in [6, 6.07) is 7.75. The fourth-order valence-electron chi connectivity index (χ4n) is 3.19. The minimum absolute atomic E-state index is 0.0681. The molecule has 0 saturated carbocycles. The van der Waals surface area contributed by atoms with Gasteiger partial charge < -0.3 is 10.4 Å². The van der Waals surface area contributed by atoms with Gasteiger partial charge in [0.05, 0.1) is 5.69 Å². The van der Waals surface area contributed by atoms with E-state index in [4.69, 9.17) is 5.11 Å². The summed E-state index contributed by atoms with van der Waals surface area (Å²) in [5.41, 5.74) is 0.833. The Morgan fingerprint density at radius 1 is 0.833 bits per heavy atom. The molecule has 1 aromatic rings. The molecule has 1 aromatic carbocycles. The third kappa shape index (κ3) is 14.8. The van der Waals surface area contributed by atoms with Crippen molar-refractivity contribution in [2.45, 2.75) is 88.9 Å². The van der Waals surface area contributed by atoms with Crippen molar-refractivity contribution in [2.24, 2.45) is 0 Å². The molecule has 0 spiro atoms. The standard InChI is InChI=1S/C24H39NO3S2/c1-2-29-19-13-9-7-5-3-4-6-8-10-17-23(26)25-21-15-11-12-16-22(21)30-20-14-18-24(27)28/h11-12,15-16H,2-10,13-14,17-20H2,1H3,(H,25,26)(H,27,28). The molecule has 2 N–H and O–H groups in total. The predicted octanol–water partition coefficient (Wildman–Crippen LogP) is 7.24. The zero-order valence-electron chi connectivity index (χ0n) is 18.5. The Hall–Kier alpha value is -1.14. The Balaban J connectivity index is 2.08. The molecule has 1 rings (SSSR count). The maximum Gasteiger partial charge on any atom is 0.303 e. The molecule has 0 radical (unpaired) electrons.